The lowest BCUT2D eigenvalue weighted by molar-refractivity contribution is -0.115. The molecule has 0 aliphatic carbocycles. The van der Waals surface area contributed by atoms with Gasteiger partial charge in [0.2, 0.25) is 5.91 Å². The van der Waals surface area contributed by atoms with Gasteiger partial charge in [0, 0.05) is 9.50 Å². The van der Waals surface area contributed by atoms with Crippen molar-refractivity contribution in [2.45, 2.75) is 13.3 Å². The van der Waals surface area contributed by atoms with Crippen LogP contribution >= 0.6 is 27.5 Å². The molecule has 104 valence electrons. The van der Waals surface area contributed by atoms with E-state index in [1.165, 1.54) is 0 Å². The number of carbonyl (C=O) groups is 1. The molecular weight excluding hydrogens is 340 g/mol. The molecule has 20 heavy (non-hydrogen) atoms. The van der Waals surface area contributed by atoms with Gasteiger partial charge in [0.1, 0.15) is 0 Å². The third-order valence-corrected chi connectivity index (χ3v) is 3.64. The van der Waals surface area contributed by atoms with Crippen LogP contribution in [0.25, 0.3) is 0 Å². The maximum Gasteiger partial charge on any atom is 0.228 e. The van der Waals surface area contributed by atoms with Crippen molar-refractivity contribution in [1.29, 1.82) is 0 Å². The molecule has 0 saturated carbocycles. The maximum absolute atomic E-state index is 12.1. The van der Waals surface area contributed by atoms with Crippen LogP contribution in [0.4, 0.5) is 11.4 Å². The first-order valence-electron chi connectivity index (χ1n) is 6.05. The van der Waals surface area contributed by atoms with E-state index < -0.39 is 0 Å². The molecule has 3 nitrogen and oxygen atoms in total. The summed E-state index contributed by atoms with van der Waals surface area (Å²) in [5.74, 6) is -0.136. The van der Waals surface area contributed by atoms with Crippen LogP contribution in [0.5, 0.6) is 0 Å². The fourth-order valence-corrected chi connectivity index (χ4v) is 2.82. The summed E-state index contributed by atoms with van der Waals surface area (Å²) < 4.78 is 0.773. The summed E-state index contributed by atoms with van der Waals surface area (Å²) >= 11 is 9.30. The first kappa shape index (κ1) is 14.9. The number of nitrogens with one attached hydrogen (secondary N) is 1. The molecule has 0 spiro atoms. The Balaban J connectivity index is 2.13. The smallest absolute Gasteiger partial charge is 0.228 e. The monoisotopic (exact) mass is 352 g/mol. The van der Waals surface area contributed by atoms with Crippen LogP contribution < -0.4 is 11.1 Å². The zero-order chi connectivity index (χ0) is 14.7. The number of halogens is 2. The van der Waals surface area contributed by atoms with Gasteiger partial charge in [-0.2, -0.15) is 0 Å². The molecule has 2 aromatic rings. The predicted molar refractivity (Wildman–Crippen MR) is 87.1 cm³/mol. The van der Waals surface area contributed by atoms with Crippen molar-refractivity contribution in [3.63, 3.8) is 0 Å². The van der Waals surface area contributed by atoms with E-state index in [9.17, 15) is 4.79 Å². The fraction of sp³-hybridized carbons (Fsp3) is 0.133. The molecule has 0 saturated heterocycles. The normalized spacial score (nSPS) is 10.3. The number of nitrogen functional groups attached to an aromatic ring is 1. The van der Waals surface area contributed by atoms with E-state index >= 15 is 0 Å². The van der Waals surface area contributed by atoms with Crippen molar-refractivity contribution in [2.75, 3.05) is 11.1 Å². The topological polar surface area (TPSA) is 55.1 Å². The van der Waals surface area contributed by atoms with Crippen LogP contribution in [0.3, 0.4) is 0 Å². The van der Waals surface area contributed by atoms with Gasteiger partial charge in [-0.05, 0) is 58.2 Å². The lowest BCUT2D eigenvalue weighted by Gasteiger charge is -2.11. The largest absolute Gasteiger partial charge is 0.397 e. The fourth-order valence-electron chi connectivity index (χ4n) is 1.92. The van der Waals surface area contributed by atoms with Crippen molar-refractivity contribution in [3.8, 4) is 0 Å². The van der Waals surface area contributed by atoms with Crippen LogP contribution in [-0.2, 0) is 11.2 Å². The maximum atomic E-state index is 12.1. The highest BCUT2D eigenvalue weighted by Gasteiger charge is 2.10. The average Bonchev–Trinajstić information content (AvgIpc) is 2.33. The van der Waals surface area contributed by atoms with Gasteiger partial charge in [-0.15, -0.1) is 0 Å². The Bertz CT molecular complexity index is 635. The number of benzene rings is 2. The molecule has 0 radical (unpaired) electrons. The Morgan fingerprint density at radius 2 is 2.10 bits per heavy atom. The van der Waals surface area contributed by atoms with Crippen LogP contribution in [0.1, 0.15) is 11.1 Å². The second-order valence-electron chi connectivity index (χ2n) is 4.57. The molecular formula is C15H14BrClN2O. The molecule has 0 aliphatic heterocycles. The van der Waals surface area contributed by atoms with Gasteiger partial charge in [-0.1, -0.05) is 23.7 Å². The second-order valence-corrected chi connectivity index (χ2v) is 5.86. The minimum atomic E-state index is -0.136. The second kappa shape index (κ2) is 6.29. The Morgan fingerprint density at radius 1 is 1.35 bits per heavy atom. The summed E-state index contributed by atoms with van der Waals surface area (Å²) in [6, 6.07) is 11.0. The van der Waals surface area contributed by atoms with Crippen molar-refractivity contribution >= 4 is 44.8 Å². The standard InChI is InChI=1S/C15H14BrClN2O/c1-9-5-12(16)15(13(18)6-9)19-14(20)8-10-3-2-4-11(17)7-10/h2-7H,8,18H2,1H3,(H,19,20). The van der Waals surface area contributed by atoms with Crippen molar-refractivity contribution in [2.24, 2.45) is 0 Å². The highest BCUT2D eigenvalue weighted by atomic mass is 79.9. The number of hydrogen-bond acceptors (Lipinski definition) is 2. The Labute approximate surface area is 131 Å². The molecule has 0 atom stereocenters. The van der Waals surface area contributed by atoms with Crippen LogP contribution in [0, 0.1) is 6.92 Å². The number of aryl methyl sites for hydroxylation is 1. The van der Waals surface area contributed by atoms with Crippen molar-refractivity contribution < 1.29 is 4.79 Å². The summed E-state index contributed by atoms with van der Waals surface area (Å²) in [6.07, 6.45) is 0.250. The Hall–Kier alpha value is -1.52. The van der Waals surface area contributed by atoms with E-state index in [0.717, 1.165) is 15.6 Å². The third kappa shape index (κ3) is 3.74. The number of nitrogens with two attached hydrogens (primary N) is 1. The molecule has 2 aromatic carbocycles. The molecule has 0 aromatic heterocycles. The zero-order valence-corrected chi connectivity index (χ0v) is 13.3. The first-order valence-corrected chi connectivity index (χ1v) is 7.22. The number of carbonyl (C=O) groups excluding carboxylic acids is 1. The molecule has 5 heteroatoms. The van der Waals surface area contributed by atoms with Gasteiger partial charge in [0.25, 0.3) is 0 Å². The van der Waals surface area contributed by atoms with Crippen molar-refractivity contribution in [3.05, 3.63) is 57.0 Å². The van der Waals surface area contributed by atoms with Crippen LogP contribution in [-0.4, -0.2) is 5.91 Å². The summed E-state index contributed by atoms with van der Waals surface area (Å²) in [5.41, 5.74) is 8.95. The summed E-state index contributed by atoms with van der Waals surface area (Å²) in [5, 5.41) is 3.44. The number of rotatable bonds is 3. The van der Waals surface area contributed by atoms with Gasteiger partial charge >= 0.3 is 0 Å². The van der Waals surface area contributed by atoms with E-state index in [2.05, 4.69) is 21.2 Å². The molecule has 0 heterocycles. The van der Waals surface area contributed by atoms with Crippen molar-refractivity contribution in [1.82, 2.24) is 0 Å². The van der Waals surface area contributed by atoms with E-state index in [4.69, 9.17) is 17.3 Å². The van der Waals surface area contributed by atoms with Crippen LogP contribution in [0.2, 0.25) is 5.02 Å². The van der Waals surface area contributed by atoms with Gasteiger partial charge in [-0.3, -0.25) is 4.79 Å². The van der Waals surface area contributed by atoms with E-state index in [-0.39, 0.29) is 12.3 Å². The number of hydrogen-bond donors (Lipinski definition) is 2. The molecule has 0 unspecified atom stereocenters. The molecule has 0 fully saturated rings. The summed E-state index contributed by atoms with van der Waals surface area (Å²) in [4.78, 5) is 12.1. The molecule has 1 amide bonds. The quantitative estimate of drug-likeness (QED) is 0.814. The first-order chi connectivity index (χ1) is 9.45. The minimum absolute atomic E-state index is 0.136. The van der Waals surface area contributed by atoms with E-state index in [1.807, 2.05) is 31.2 Å². The highest BCUT2D eigenvalue weighted by Crippen LogP contribution is 2.30. The van der Waals surface area contributed by atoms with E-state index in [1.54, 1.807) is 12.1 Å². The van der Waals surface area contributed by atoms with Gasteiger partial charge in [-0.25, -0.2) is 0 Å². The third-order valence-electron chi connectivity index (χ3n) is 2.78. The summed E-state index contributed by atoms with van der Waals surface area (Å²) in [7, 11) is 0. The highest BCUT2D eigenvalue weighted by molar-refractivity contribution is 9.10. The minimum Gasteiger partial charge on any atom is -0.397 e. The zero-order valence-electron chi connectivity index (χ0n) is 10.9. The van der Waals surface area contributed by atoms with Gasteiger partial charge < -0.3 is 11.1 Å². The SMILES string of the molecule is Cc1cc(N)c(NC(=O)Cc2cccc(Cl)c2)c(Br)c1. The lowest BCUT2D eigenvalue weighted by Crippen LogP contribution is -2.16. The molecule has 0 bridgehead atoms. The van der Waals surface area contributed by atoms with Gasteiger partial charge in [0.15, 0.2) is 0 Å². The number of amides is 1. The lowest BCUT2D eigenvalue weighted by atomic mass is 10.1. The van der Waals surface area contributed by atoms with E-state index in [0.29, 0.717) is 16.4 Å². The number of anilines is 2. The molecule has 0 aliphatic rings. The average molecular weight is 354 g/mol. The molecule has 3 N–H and O–H groups in total. The predicted octanol–water partition coefficient (Wildman–Crippen LogP) is 4.17. The summed E-state index contributed by atoms with van der Waals surface area (Å²) in [6.45, 7) is 1.94. The van der Waals surface area contributed by atoms with Crippen LogP contribution in [0.15, 0.2) is 40.9 Å². The van der Waals surface area contributed by atoms with Gasteiger partial charge in [0.05, 0.1) is 17.8 Å². The Morgan fingerprint density at radius 3 is 2.75 bits per heavy atom. The molecule has 2 rings (SSSR count). The Kier molecular flexibility index (Phi) is 4.68.